The molecule has 0 saturated heterocycles. The Balaban J connectivity index is 1.81. The van der Waals surface area contributed by atoms with Gasteiger partial charge in [0, 0.05) is 23.5 Å². The smallest absolute Gasteiger partial charge is 0.264 e. The maximum Gasteiger partial charge on any atom is 0.264 e. The average Bonchev–Trinajstić information content (AvgIpc) is 3.03. The molecule has 0 spiro atoms. The molecule has 4 aromatic carbocycles. The van der Waals surface area contributed by atoms with Gasteiger partial charge in [0.1, 0.15) is 12.6 Å². The summed E-state index contributed by atoms with van der Waals surface area (Å²) in [5.41, 5.74) is 2.71. The van der Waals surface area contributed by atoms with E-state index in [4.69, 9.17) is 11.6 Å². The normalized spacial score (nSPS) is 12.6. The summed E-state index contributed by atoms with van der Waals surface area (Å²) in [5, 5.41) is 3.22. The van der Waals surface area contributed by atoms with Crippen LogP contribution in [-0.4, -0.2) is 43.8 Å². The second kappa shape index (κ2) is 15.6. The minimum Gasteiger partial charge on any atom is -0.352 e. The van der Waals surface area contributed by atoms with E-state index in [1.807, 2.05) is 75.4 Å². The summed E-state index contributed by atoms with van der Waals surface area (Å²) >= 11 is 9.99. The fraction of sp³-hybridized carbons (Fsp3) is 0.257. The lowest BCUT2D eigenvalue weighted by molar-refractivity contribution is -0.140. The molecule has 7 nitrogen and oxygen atoms in total. The number of nitrogens with one attached hydrogen (secondary N) is 1. The number of aryl methyl sites for hydroxylation is 1. The highest BCUT2D eigenvalue weighted by molar-refractivity contribution is 9.10. The van der Waals surface area contributed by atoms with Crippen LogP contribution in [-0.2, 0) is 32.6 Å². The van der Waals surface area contributed by atoms with Crippen molar-refractivity contribution in [3.63, 3.8) is 0 Å². The monoisotopic (exact) mass is 709 g/mol. The van der Waals surface area contributed by atoms with Gasteiger partial charge in [-0.25, -0.2) is 8.42 Å². The topological polar surface area (TPSA) is 86.8 Å². The van der Waals surface area contributed by atoms with E-state index in [2.05, 4.69) is 21.2 Å². The Morgan fingerprint density at radius 3 is 2.11 bits per heavy atom. The molecular formula is C35H37BrClN3O4S. The van der Waals surface area contributed by atoms with E-state index in [9.17, 15) is 18.0 Å². The largest absolute Gasteiger partial charge is 0.352 e. The van der Waals surface area contributed by atoms with Crippen molar-refractivity contribution in [2.24, 2.45) is 0 Å². The number of hydrogen-bond donors (Lipinski definition) is 1. The van der Waals surface area contributed by atoms with Crippen LogP contribution in [0.3, 0.4) is 0 Å². The van der Waals surface area contributed by atoms with Gasteiger partial charge < -0.3 is 10.2 Å². The zero-order valence-corrected chi connectivity index (χ0v) is 28.6. The predicted molar refractivity (Wildman–Crippen MR) is 184 cm³/mol. The molecule has 2 atom stereocenters. The molecule has 0 saturated carbocycles. The van der Waals surface area contributed by atoms with E-state index >= 15 is 0 Å². The van der Waals surface area contributed by atoms with Crippen molar-refractivity contribution >= 4 is 55.1 Å². The van der Waals surface area contributed by atoms with Gasteiger partial charge in [-0.1, -0.05) is 107 Å². The molecule has 0 aliphatic rings. The van der Waals surface area contributed by atoms with Crippen LogP contribution in [0.25, 0.3) is 0 Å². The average molecular weight is 711 g/mol. The molecule has 0 fully saturated rings. The van der Waals surface area contributed by atoms with Crippen LogP contribution in [0.4, 0.5) is 5.69 Å². The van der Waals surface area contributed by atoms with Gasteiger partial charge in [-0.15, -0.1) is 0 Å². The van der Waals surface area contributed by atoms with E-state index in [0.29, 0.717) is 6.42 Å². The summed E-state index contributed by atoms with van der Waals surface area (Å²) < 4.78 is 30.2. The Kier molecular flexibility index (Phi) is 11.8. The van der Waals surface area contributed by atoms with E-state index in [-0.39, 0.29) is 40.5 Å². The Morgan fingerprint density at radius 2 is 1.49 bits per heavy atom. The molecule has 10 heteroatoms. The lowest BCUT2D eigenvalue weighted by Gasteiger charge is -2.34. The summed E-state index contributed by atoms with van der Waals surface area (Å²) in [6.45, 7) is 5.25. The van der Waals surface area contributed by atoms with Crippen LogP contribution in [0.2, 0.25) is 5.02 Å². The van der Waals surface area contributed by atoms with Gasteiger partial charge in [-0.2, -0.15) is 0 Å². The number of carbonyl (C=O) groups is 2. The molecule has 0 radical (unpaired) electrons. The summed E-state index contributed by atoms with van der Waals surface area (Å²) in [4.78, 5) is 29.9. The second-order valence-electron chi connectivity index (χ2n) is 10.9. The zero-order valence-electron chi connectivity index (χ0n) is 25.5. The molecule has 0 heterocycles. The third-order valence-corrected chi connectivity index (χ3v) is 10.2. The third kappa shape index (κ3) is 8.96. The molecule has 0 aliphatic carbocycles. The number of benzene rings is 4. The van der Waals surface area contributed by atoms with Crippen LogP contribution >= 0.6 is 27.5 Å². The summed E-state index contributed by atoms with van der Waals surface area (Å²) in [7, 11) is -4.23. The van der Waals surface area contributed by atoms with Crippen molar-refractivity contribution in [3.05, 3.63) is 129 Å². The fourth-order valence-corrected chi connectivity index (χ4v) is 6.77. The molecule has 236 valence electrons. The predicted octanol–water partition coefficient (Wildman–Crippen LogP) is 7.16. The molecule has 4 rings (SSSR count). The molecule has 0 aromatic heterocycles. The minimum atomic E-state index is -4.23. The van der Waals surface area contributed by atoms with E-state index in [1.165, 1.54) is 17.0 Å². The molecule has 0 bridgehead atoms. The van der Waals surface area contributed by atoms with Crippen molar-refractivity contribution < 1.29 is 18.0 Å². The summed E-state index contributed by atoms with van der Waals surface area (Å²) in [6, 6.07) is 28.8. The molecule has 45 heavy (non-hydrogen) atoms. The quantitative estimate of drug-likeness (QED) is 0.160. The lowest BCUT2D eigenvalue weighted by atomic mass is 10.0. The molecule has 2 amide bonds. The minimum absolute atomic E-state index is 0.0237. The number of halogens is 2. The number of nitrogens with zero attached hydrogens (tertiary/aromatic N) is 2. The van der Waals surface area contributed by atoms with Crippen molar-refractivity contribution in [2.45, 2.75) is 57.1 Å². The van der Waals surface area contributed by atoms with Crippen LogP contribution in [0.1, 0.15) is 37.0 Å². The first-order chi connectivity index (χ1) is 21.5. The van der Waals surface area contributed by atoms with Gasteiger partial charge in [0.2, 0.25) is 11.8 Å². The molecule has 4 aromatic rings. The summed E-state index contributed by atoms with van der Waals surface area (Å²) in [5.74, 6) is -0.863. The first-order valence-corrected chi connectivity index (χ1v) is 17.3. The highest BCUT2D eigenvalue weighted by atomic mass is 79.9. The Hall–Kier alpha value is -3.66. The number of rotatable bonds is 13. The van der Waals surface area contributed by atoms with Gasteiger partial charge in [-0.05, 0) is 67.8 Å². The van der Waals surface area contributed by atoms with Gasteiger partial charge in [-0.3, -0.25) is 13.9 Å². The fourth-order valence-electron chi connectivity index (χ4n) is 4.79. The van der Waals surface area contributed by atoms with Crippen LogP contribution < -0.4 is 9.62 Å². The number of sulfonamides is 1. The lowest BCUT2D eigenvalue weighted by Crippen LogP contribution is -2.54. The summed E-state index contributed by atoms with van der Waals surface area (Å²) in [6.07, 6.45) is 0.946. The highest BCUT2D eigenvalue weighted by Crippen LogP contribution is 2.31. The SMILES string of the molecule is CC[C@@H](C)NC(=O)[C@H](Cc1ccccc1)N(Cc1ccc(Br)cc1)C(=O)CN(c1ccccc1Cl)S(=O)(=O)c1ccc(C)cc1. The molecule has 0 aliphatic heterocycles. The number of amides is 2. The highest BCUT2D eigenvalue weighted by Gasteiger charge is 2.35. The van der Waals surface area contributed by atoms with Gasteiger partial charge >= 0.3 is 0 Å². The van der Waals surface area contributed by atoms with Gasteiger partial charge in [0.15, 0.2) is 0 Å². The van der Waals surface area contributed by atoms with E-state index in [0.717, 1.165) is 25.5 Å². The molecule has 0 unspecified atom stereocenters. The third-order valence-electron chi connectivity index (χ3n) is 7.55. The molecule has 1 N–H and O–H groups in total. The van der Waals surface area contributed by atoms with E-state index < -0.39 is 28.5 Å². The van der Waals surface area contributed by atoms with Gasteiger partial charge in [0.05, 0.1) is 15.6 Å². The second-order valence-corrected chi connectivity index (χ2v) is 14.1. The number of carbonyl (C=O) groups excluding carboxylic acids is 2. The van der Waals surface area contributed by atoms with Crippen molar-refractivity contribution in [1.29, 1.82) is 0 Å². The molecular weight excluding hydrogens is 674 g/mol. The number of hydrogen-bond acceptors (Lipinski definition) is 4. The first-order valence-electron chi connectivity index (χ1n) is 14.7. The zero-order chi connectivity index (χ0) is 32.6. The Morgan fingerprint density at radius 1 is 0.867 bits per heavy atom. The Labute approximate surface area is 279 Å². The van der Waals surface area contributed by atoms with Crippen molar-refractivity contribution in [3.8, 4) is 0 Å². The van der Waals surface area contributed by atoms with Crippen LogP contribution in [0.15, 0.2) is 112 Å². The van der Waals surface area contributed by atoms with Crippen LogP contribution in [0.5, 0.6) is 0 Å². The maximum absolute atomic E-state index is 14.5. The Bertz CT molecular complexity index is 1700. The van der Waals surface area contributed by atoms with Crippen molar-refractivity contribution in [2.75, 3.05) is 10.8 Å². The van der Waals surface area contributed by atoms with Crippen molar-refractivity contribution in [1.82, 2.24) is 10.2 Å². The number of anilines is 1. The maximum atomic E-state index is 14.5. The van der Waals surface area contributed by atoms with Gasteiger partial charge in [0.25, 0.3) is 10.0 Å². The number of para-hydroxylation sites is 1. The van der Waals surface area contributed by atoms with E-state index in [1.54, 1.807) is 36.4 Å². The van der Waals surface area contributed by atoms with Crippen LogP contribution in [0, 0.1) is 6.92 Å². The first kappa shape index (κ1) is 34.2. The standard InChI is InChI=1S/C35H37BrClN3O4S/c1-4-26(3)38-35(42)33(22-27-10-6-5-7-11-27)39(23-28-16-18-29(36)19-17-28)34(41)24-40(32-13-9-8-12-31(32)37)45(43,44)30-20-14-25(2)15-21-30/h5-21,26,33H,4,22-24H2,1-3H3,(H,38,42)/t26-,33+/m1/s1.